The Bertz CT molecular complexity index is 1060. The predicted octanol–water partition coefficient (Wildman–Crippen LogP) is 0.861. The fourth-order valence-electron chi connectivity index (χ4n) is 2.52. The molecule has 0 saturated carbocycles. The van der Waals surface area contributed by atoms with Gasteiger partial charge in [0, 0.05) is 24.0 Å². The maximum absolute atomic E-state index is 12.6. The molecule has 0 spiro atoms. The van der Waals surface area contributed by atoms with Crippen LogP contribution in [0, 0.1) is 0 Å². The molecule has 3 heterocycles. The molecule has 1 N–H and O–H groups in total. The summed E-state index contributed by atoms with van der Waals surface area (Å²) in [6.07, 6.45) is 0. The summed E-state index contributed by atoms with van der Waals surface area (Å²) in [6, 6.07) is 5.52. The molecule has 0 unspecified atom stereocenters. The van der Waals surface area contributed by atoms with Crippen LogP contribution in [0.1, 0.15) is 10.4 Å². The van der Waals surface area contributed by atoms with Crippen LogP contribution in [0.4, 0.5) is 6.01 Å². The molecule has 1 aliphatic heterocycles. The fourth-order valence-corrected chi connectivity index (χ4v) is 4.36. The van der Waals surface area contributed by atoms with E-state index in [1.807, 2.05) is 0 Å². The predicted molar refractivity (Wildman–Crippen MR) is 97.2 cm³/mol. The van der Waals surface area contributed by atoms with Gasteiger partial charge in [0.15, 0.2) is 5.69 Å². The van der Waals surface area contributed by atoms with E-state index in [2.05, 4.69) is 25.1 Å². The van der Waals surface area contributed by atoms with E-state index in [0.717, 1.165) is 11.5 Å². The van der Waals surface area contributed by atoms with Crippen molar-refractivity contribution >= 4 is 33.5 Å². The smallest absolute Gasteiger partial charge is 0.322 e. The van der Waals surface area contributed by atoms with Crippen LogP contribution < -0.4 is 5.32 Å². The molecule has 0 radical (unpaired) electrons. The molecule has 0 atom stereocenters. The second-order valence-corrected chi connectivity index (χ2v) is 8.25. The molecule has 11 nitrogen and oxygen atoms in total. The lowest BCUT2D eigenvalue weighted by Crippen LogP contribution is -2.40. The monoisotopic (exact) mass is 422 g/mol. The van der Waals surface area contributed by atoms with Crippen molar-refractivity contribution < 1.29 is 22.4 Å². The summed E-state index contributed by atoms with van der Waals surface area (Å²) in [6.45, 7) is 1.34. The Kier molecular flexibility index (Phi) is 5.13. The second kappa shape index (κ2) is 7.71. The zero-order valence-electron chi connectivity index (χ0n) is 14.3. The van der Waals surface area contributed by atoms with Crippen LogP contribution in [-0.4, -0.2) is 64.7 Å². The minimum atomic E-state index is -3.62. The summed E-state index contributed by atoms with van der Waals surface area (Å²) in [5, 5.41) is 15.4. The average molecular weight is 422 g/mol. The van der Waals surface area contributed by atoms with E-state index >= 15 is 0 Å². The molecule has 13 heteroatoms. The maximum Gasteiger partial charge on any atom is 0.322 e. The number of benzene rings is 1. The number of aromatic nitrogens is 4. The highest BCUT2D eigenvalue weighted by molar-refractivity contribution is 7.89. The lowest BCUT2D eigenvalue weighted by Gasteiger charge is -2.26. The summed E-state index contributed by atoms with van der Waals surface area (Å²) < 4.78 is 40.7. The lowest BCUT2D eigenvalue weighted by atomic mass is 10.2. The summed E-state index contributed by atoms with van der Waals surface area (Å²) in [5.74, 6) is -0.377. The zero-order chi connectivity index (χ0) is 19.6. The summed E-state index contributed by atoms with van der Waals surface area (Å²) >= 11 is 1.13. The highest BCUT2D eigenvalue weighted by Gasteiger charge is 2.26. The first-order valence-corrected chi connectivity index (χ1v) is 10.4. The number of ether oxygens (including phenoxy) is 1. The van der Waals surface area contributed by atoms with Gasteiger partial charge in [-0.3, -0.25) is 10.1 Å². The Morgan fingerprint density at radius 2 is 1.86 bits per heavy atom. The zero-order valence-corrected chi connectivity index (χ0v) is 15.9. The molecule has 3 aromatic rings. The molecule has 1 fully saturated rings. The Balaban J connectivity index is 1.45. The third-order valence-corrected chi connectivity index (χ3v) is 6.37. The van der Waals surface area contributed by atoms with Crippen molar-refractivity contribution in [2.45, 2.75) is 4.90 Å². The fraction of sp³-hybridized carbons (Fsp3) is 0.267. The van der Waals surface area contributed by atoms with E-state index in [0.29, 0.717) is 32.0 Å². The van der Waals surface area contributed by atoms with Gasteiger partial charge in [0.2, 0.25) is 10.0 Å². The van der Waals surface area contributed by atoms with Gasteiger partial charge in [0.1, 0.15) is 0 Å². The molecule has 0 aliphatic carbocycles. The van der Waals surface area contributed by atoms with E-state index in [9.17, 15) is 13.2 Å². The van der Waals surface area contributed by atoms with Gasteiger partial charge in [-0.15, -0.1) is 10.2 Å². The molecule has 1 aromatic carbocycles. The third-order valence-electron chi connectivity index (χ3n) is 3.95. The topological polar surface area (TPSA) is 140 Å². The highest BCUT2D eigenvalue weighted by atomic mass is 32.2. The molecular weight excluding hydrogens is 408 g/mol. The Morgan fingerprint density at radius 1 is 1.11 bits per heavy atom. The number of hydrogen-bond acceptors (Lipinski definition) is 10. The van der Waals surface area contributed by atoms with Gasteiger partial charge in [-0.1, -0.05) is 9.59 Å². The second-order valence-electron chi connectivity index (χ2n) is 5.70. The number of nitrogens with zero attached hydrogens (tertiary/aromatic N) is 5. The number of amides is 1. The Hall–Kier alpha value is -2.74. The molecule has 1 amide bonds. The van der Waals surface area contributed by atoms with Crippen molar-refractivity contribution in [2.24, 2.45) is 0 Å². The molecular formula is C15H14N6O5S2. The van der Waals surface area contributed by atoms with Gasteiger partial charge in [-0.05, 0) is 35.8 Å². The molecule has 1 aliphatic rings. The SMILES string of the molecule is O=C(Nc1nnc(-c2csnn2)o1)c1ccc(S(=O)(=O)N2CCOCC2)cc1. The normalized spacial score (nSPS) is 15.4. The van der Waals surface area contributed by atoms with Crippen LogP contribution in [-0.2, 0) is 14.8 Å². The third kappa shape index (κ3) is 3.77. The van der Waals surface area contributed by atoms with Gasteiger partial charge in [0.25, 0.3) is 11.8 Å². The van der Waals surface area contributed by atoms with E-state index in [4.69, 9.17) is 9.15 Å². The number of sulfonamides is 1. The molecule has 28 heavy (non-hydrogen) atoms. The van der Waals surface area contributed by atoms with Crippen LogP contribution in [0.2, 0.25) is 0 Å². The molecule has 146 valence electrons. The highest BCUT2D eigenvalue weighted by Crippen LogP contribution is 2.20. The van der Waals surface area contributed by atoms with Crippen molar-refractivity contribution in [1.29, 1.82) is 0 Å². The molecule has 0 bridgehead atoms. The summed E-state index contributed by atoms with van der Waals surface area (Å²) in [4.78, 5) is 12.4. The summed E-state index contributed by atoms with van der Waals surface area (Å²) in [7, 11) is -3.62. The van der Waals surface area contributed by atoms with E-state index < -0.39 is 15.9 Å². The minimum absolute atomic E-state index is 0.0991. The molecule has 4 rings (SSSR count). The first-order chi connectivity index (χ1) is 13.5. The largest absolute Gasteiger partial charge is 0.401 e. The van der Waals surface area contributed by atoms with Crippen LogP contribution in [0.5, 0.6) is 0 Å². The van der Waals surface area contributed by atoms with Gasteiger partial charge >= 0.3 is 6.01 Å². The molecule has 2 aromatic heterocycles. The quantitative estimate of drug-likeness (QED) is 0.634. The number of nitrogens with one attached hydrogen (secondary N) is 1. The van der Waals surface area contributed by atoms with Gasteiger partial charge in [-0.25, -0.2) is 8.42 Å². The van der Waals surface area contributed by atoms with Crippen LogP contribution in [0.3, 0.4) is 0 Å². The number of anilines is 1. The van der Waals surface area contributed by atoms with Gasteiger partial charge in [-0.2, -0.15) is 4.31 Å². The van der Waals surface area contributed by atoms with Crippen molar-refractivity contribution in [3.63, 3.8) is 0 Å². The summed E-state index contributed by atoms with van der Waals surface area (Å²) in [5.41, 5.74) is 0.659. The van der Waals surface area contributed by atoms with E-state index in [1.54, 1.807) is 5.38 Å². The number of rotatable bonds is 5. The average Bonchev–Trinajstić information content (AvgIpc) is 3.40. The van der Waals surface area contributed by atoms with E-state index in [1.165, 1.54) is 28.6 Å². The van der Waals surface area contributed by atoms with Crippen LogP contribution in [0.25, 0.3) is 11.6 Å². The van der Waals surface area contributed by atoms with Crippen LogP contribution in [0.15, 0.2) is 39.0 Å². The van der Waals surface area contributed by atoms with Crippen molar-refractivity contribution in [3.8, 4) is 11.6 Å². The molecule has 1 saturated heterocycles. The Morgan fingerprint density at radius 3 is 2.54 bits per heavy atom. The Labute approximate surface area is 163 Å². The number of carbonyl (C=O) groups is 1. The first kappa shape index (κ1) is 18.6. The van der Waals surface area contributed by atoms with Gasteiger partial charge in [0.05, 0.1) is 18.1 Å². The van der Waals surface area contributed by atoms with E-state index in [-0.39, 0.29) is 22.4 Å². The standard InChI is InChI=1S/C15H14N6O5S2/c22-13(16-15-19-18-14(26-15)12-9-27-20-17-12)10-1-3-11(4-2-10)28(23,24)21-5-7-25-8-6-21/h1-4,9H,5-8H2,(H,16,19,22). The number of carbonyl (C=O) groups excluding carboxylic acids is 1. The number of morpholine rings is 1. The van der Waals surface area contributed by atoms with Crippen molar-refractivity contribution in [3.05, 3.63) is 35.2 Å². The van der Waals surface area contributed by atoms with Crippen molar-refractivity contribution in [2.75, 3.05) is 31.6 Å². The van der Waals surface area contributed by atoms with Crippen LogP contribution >= 0.6 is 11.5 Å². The maximum atomic E-state index is 12.6. The number of hydrogen-bond donors (Lipinski definition) is 1. The van der Waals surface area contributed by atoms with Gasteiger partial charge < -0.3 is 9.15 Å². The lowest BCUT2D eigenvalue weighted by molar-refractivity contribution is 0.0730. The van der Waals surface area contributed by atoms with Crippen molar-refractivity contribution in [1.82, 2.24) is 24.1 Å². The minimum Gasteiger partial charge on any atom is -0.401 e. The first-order valence-electron chi connectivity index (χ1n) is 8.14.